The van der Waals surface area contributed by atoms with Gasteiger partial charge in [0.05, 0.1) is 0 Å². The molecule has 17 heavy (non-hydrogen) atoms. The molecule has 0 radical (unpaired) electrons. The molecule has 2 saturated heterocycles. The third kappa shape index (κ3) is 2.52. The van der Waals surface area contributed by atoms with Gasteiger partial charge in [0.2, 0.25) is 5.91 Å². The summed E-state index contributed by atoms with van der Waals surface area (Å²) in [5.74, 6) is -0.0500. The Morgan fingerprint density at radius 2 is 1.94 bits per heavy atom. The summed E-state index contributed by atoms with van der Waals surface area (Å²) in [7, 11) is 1.62. The lowest BCUT2D eigenvalue weighted by atomic mass is 10.2. The Morgan fingerprint density at radius 1 is 1.24 bits per heavy atom. The molecule has 2 rings (SSSR count). The molecule has 2 fully saturated rings. The summed E-state index contributed by atoms with van der Waals surface area (Å²) in [5, 5.41) is 5.84. The van der Waals surface area contributed by atoms with Crippen LogP contribution in [0.25, 0.3) is 0 Å². The number of hydrogen-bond acceptors (Lipinski definition) is 3. The molecule has 2 aliphatic rings. The van der Waals surface area contributed by atoms with E-state index in [9.17, 15) is 9.59 Å². The molecule has 0 aromatic carbocycles. The number of likely N-dealkylation sites (N-methyl/N-ethyl adjacent to an activating group) is 1. The van der Waals surface area contributed by atoms with E-state index in [1.807, 2.05) is 4.90 Å². The Labute approximate surface area is 101 Å². The van der Waals surface area contributed by atoms with Crippen LogP contribution in [-0.2, 0) is 4.79 Å². The molecule has 0 aromatic heterocycles. The molecule has 6 heteroatoms. The van der Waals surface area contributed by atoms with Gasteiger partial charge < -0.3 is 20.4 Å². The number of nitrogens with zero attached hydrogens (tertiary/aromatic N) is 2. The molecule has 1 unspecified atom stereocenters. The number of urea groups is 1. The zero-order valence-corrected chi connectivity index (χ0v) is 10.2. The van der Waals surface area contributed by atoms with Crippen molar-refractivity contribution >= 4 is 11.9 Å². The van der Waals surface area contributed by atoms with Gasteiger partial charge in [-0.15, -0.1) is 0 Å². The number of rotatable bonds is 1. The largest absolute Gasteiger partial charge is 0.357 e. The predicted molar refractivity (Wildman–Crippen MR) is 63.6 cm³/mol. The average Bonchev–Trinajstić information content (AvgIpc) is 2.87. The summed E-state index contributed by atoms with van der Waals surface area (Å²) in [6, 6.07) is -0.264. The lowest BCUT2D eigenvalue weighted by Gasteiger charge is -2.33. The fourth-order valence-corrected chi connectivity index (χ4v) is 2.47. The molecule has 6 nitrogen and oxygen atoms in total. The topological polar surface area (TPSA) is 64.7 Å². The normalized spacial score (nSPS) is 24.9. The maximum absolute atomic E-state index is 12.3. The molecule has 2 heterocycles. The van der Waals surface area contributed by atoms with Crippen LogP contribution in [0.2, 0.25) is 0 Å². The van der Waals surface area contributed by atoms with Gasteiger partial charge in [-0.3, -0.25) is 4.79 Å². The molecule has 96 valence electrons. The molecule has 0 bridgehead atoms. The maximum atomic E-state index is 12.3. The van der Waals surface area contributed by atoms with Gasteiger partial charge in [0.15, 0.2) is 0 Å². The summed E-state index contributed by atoms with van der Waals surface area (Å²) in [4.78, 5) is 27.5. The number of carbonyl (C=O) groups is 2. The van der Waals surface area contributed by atoms with Crippen molar-refractivity contribution in [3.05, 3.63) is 0 Å². The number of likely N-dealkylation sites (tertiary alicyclic amines) is 1. The van der Waals surface area contributed by atoms with Gasteiger partial charge in [0.25, 0.3) is 0 Å². The van der Waals surface area contributed by atoms with Crippen LogP contribution in [0.1, 0.15) is 12.8 Å². The summed E-state index contributed by atoms with van der Waals surface area (Å²) in [6.07, 6.45) is 1.69. The Morgan fingerprint density at radius 3 is 2.59 bits per heavy atom. The summed E-state index contributed by atoms with van der Waals surface area (Å²) in [6.45, 7) is 3.83. The molecule has 0 aliphatic carbocycles. The Hall–Kier alpha value is -1.30. The van der Waals surface area contributed by atoms with Crippen LogP contribution in [0.5, 0.6) is 0 Å². The third-order valence-electron chi connectivity index (χ3n) is 3.44. The minimum Gasteiger partial charge on any atom is -0.357 e. The highest BCUT2D eigenvalue weighted by molar-refractivity contribution is 5.87. The van der Waals surface area contributed by atoms with Crippen LogP contribution >= 0.6 is 0 Å². The van der Waals surface area contributed by atoms with E-state index in [-0.39, 0.29) is 18.0 Å². The number of piperazine rings is 1. The van der Waals surface area contributed by atoms with Crippen molar-refractivity contribution in [2.24, 2.45) is 0 Å². The molecule has 0 aromatic rings. The highest BCUT2D eigenvalue weighted by Gasteiger charge is 2.35. The maximum Gasteiger partial charge on any atom is 0.320 e. The van der Waals surface area contributed by atoms with E-state index in [4.69, 9.17) is 0 Å². The van der Waals surface area contributed by atoms with Gasteiger partial charge in [0.1, 0.15) is 6.04 Å². The molecule has 2 aliphatic heterocycles. The summed E-state index contributed by atoms with van der Waals surface area (Å²) in [5.41, 5.74) is 0. The predicted octanol–water partition coefficient (Wildman–Crippen LogP) is -0.778. The van der Waals surface area contributed by atoms with Crippen molar-refractivity contribution in [3.63, 3.8) is 0 Å². The SMILES string of the molecule is CNC(=O)C1CCCN1C(=O)N1CCNCC1. The first-order chi connectivity index (χ1) is 8.24. The van der Waals surface area contributed by atoms with E-state index < -0.39 is 0 Å². The van der Waals surface area contributed by atoms with E-state index in [1.54, 1.807) is 11.9 Å². The van der Waals surface area contributed by atoms with Crippen molar-refractivity contribution in [2.45, 2.75) is 18.9 Å². The van der Waals surface area contributed by atoms with Crippen molar-refractivity contribution < 1.29 is 9.59 Å². The quantitative estimate of drug-likeness (QED) is 0.632. The Kier molecular flexibility index (Phi) is 3.83. The Bertz CT molecular complexity index is 302. The first-order valence-electron chi connectivity index (χ1n) is 6.22. The van der Waals surface area contributed by atoms with Gasteiger partial charge in [-0.1, -0.05) is 0 Å². The monoisotopic (exact) mass is 240 g/mol. The van der Waals surface area contributed by atoms with Crippen LogP contribution in [0.3, 0.4) is 0 Å². The van der Waals surface area contributed by atoms with Gasteiger partial charge >= 0.3 is 6.03 Å². The highest BCUT2D eigenvalue weighted by atomic mass is 16.2. The van der Waals surface area contributed by atoms with E-state index in [1.165, 1.54) is 0 Å². The average molecular weight is 240 g/mol. The fourth-order valence-electron chi connectivity index (χ4n) is 2.47. The minimum absolute atomic E-state index is 0.0117. The van der Waals surface area contributed by atoms with E-state index >= 15 is 0 Å². The molecule has 3 amide bonds. The first kappa shape index (κ1) is 12.2. The zero-order valence-electron chi connectivity index (χ0n) is 10.2. The van der Waals surface area contributed by atoms with Crippen LogP contribution in [0.15, 0.2) is 0 Å². The van der Waals surface area contributed by atoms with Crippen LogP contribution in [0.4, 0.5) is 4.79 Å². The molecule has 0 spiro atoms. The lowest BCUT2D eigenvalue weighted by molar-refractivity contribution is -0.124. The molecular formula is C11H20N4O2. The van der Waals surface area contributed by atoms with Crippen LogP contribution in [0, 0.1) is 0 Å². The second kappa shape index (κ2) is 5.35. The smallest absolute Gasteiger partial charge is 0.320 e. The van der Waals surface area contributed by atoms with Crippen molar-refractivity contribution in [1.82, 2.24) is 20.4 Å². The van der Waals surface area contributed by atoms with Crippen molar-refractivity contribution in [3.8, 4) is 0 Å². The summed E-state index contributed by atoms with van der Waals surface area (Å²) >= 11 is 0. The molecular weight excluding hydrogens is 220 g/mol. The van der Waals surface area contributed by atoms with E-state index in [0.29, 0.717) is 6.54 Å². The second-order valence-corrected chi connectivity index (χ2v) is 4.49. The highest BCUT2D eigenvalue weighted by Crippen LogP contribution is 2.19. The second-order valence-electron chi connectivity index (χ2n) is 4.49. The zero-order chi connectivity index (χ0) is 12.3. The number of carbonyl (C=O) groups excluding carboxylic acids is 2. The molecule has 2 N–H and O–H groups in total. The number of nitrogens with one attached hydrogen (secondary N) is 2. The van der Waals surface area contributed by atoms with Gasteiger partial charge in [-0.25, -0.2) is 4.79 Å². The Balaban J connectivity index is 1.99. The van der Waals surface area contributed by atoms with Gasteiger partial charge in [-0.05, 0) is 12.8 Å². The van der Waals surface area contributed by atoms with Gasteiger partial charge in [-0.2, -0.15) is 0 Å². The lowest BCUT2D eigenvalue weighted by Crippen LogP contribution is -2.54. The van der Waals surface area contributed by atoms with E-state index in [2.05, 4.69) is 10.6 Å². The van der Waals surface area contributed by atoms with Crippen molar-refractivity contribution in [2.75, 3.05) is 39.8 Å². The van der Waals surface area contributed by atoms with Gasteiger partial charge in [0, 0.05) is 39.8 Å². The van der Waals surface area contributed by atoms with Crippen molar-refractivity contribution in [1.29, 1.82) is 0 Å². The van der Waals surface area contributed by atoms with E-state index in [0.717, 1.165) is 39.0 Å². The van der Waals surface area contributed by atoms with Crippen LogP contribution < -0.4 is 10.6 Å². The molecule has 1 atom stereocenters. The number of amides is 3. The van der Waals surface area contributed by atoms with Crippen LogP contribution in [-0.4, -0.2) is 67.6 Å². The minimum atomic E-state index is -0.276. The molecule has 0 saturated carbocycles. The summed E-state index contributed by atoms with van der Waals surface area (Å²) < 4.78 is 0. The number of hydrogen-bond donors (Lipinski definition) is 2. The standard InChI is InChI=1S/C11H20N4O2/c1-12-10(16)9-3-2-6-15(9)11(17)14-7-4-13-5-8-14/h9,13H,2-8H2,1H3,(H,12,16). The third-order valence-corrected chi connectivity index (χ3v) is 3.44. The first-order valence-corrected chi connectivity index (χ1v) is 6.22. The fraction of sp³-hybridized carbons (Fsp3) is 0.818.